The van der Waals surface area contributed by atoms with Crippen molar-refractivity contribution in [1.29, 1.82) is 0 Å². The van der Waals surface area contributed by atoms with Crippen molar-refractivity contribution in [2.24, 2.45) is 11.3 Å². The molecule has 4 rings (SSSR count). The molecule has 3 aliphatic rings. The van der Waals surface area contributed by atoms with Gasteiger partial charge in [-0.3, -0.25) is 14.6 Å². The minimum Gasteiger partial charge on any atom is -0.379 e. The topological polar surface area (TPSA) is 62.7 Å². The molecule has 1 aliphatic carbocycles. The summed E-state index contributed by atoms with van der Waals surface area (Å²) < 4.78 is 5.77. The first-order valence-electron chi connectivity index (χ1n) is 9.12. The van der Waals surface area contributed by atoms with Crippen molar-refractivity contribution in [3.63, 3.8) is 0 Å². The molecule has 6 nitrogen and oxygen atoms in total. The molecule has 0 radical (unpaired) electrons. The van der Waals surface area contributed by atoms with Crippen molar-refractivity contribution in [2.45, 2.75) is 31.7 Å². The Morgan fingerprint density at radius 3 is 2.92 bits per heavy atom. The van der Waals surface area contributed by atoms with E-state index in [1.54, 1.807) is 24.3 Å². The SMILES string of the molecule is CN1C(=O)C[C@@H](C(=O)N2CCOCC3(CCC3)C2)[C@H]1c1cccnc1. The molecule has 1 aromatic heterocycles. The number of nitrogens with zero attached hydrogens (tertiary/aromatic N) is 3. The Labute approximate surface area is 148 Å². The van der Waals surface area contributed by atoms with E-state index in [1.807, 2.05) is 17.0 Å². The van der Waals surface area contributed by atoms with Crippen molar-refractivity contribution in [1.82, 2.24) is 14.8 Å². The number of carbonyl (C=O) groups is 2. The molecule has 0 bridgehead atoms. The maximum absolute atomic E-state index is 13.3. The van der Waals surface area contributed by atoms with E-state index in [9.17, 15) is 9.59 Å². The summed E-state index contributed by atoms with van der Waals surface area (Å²) >= 11 is 0. The summed E-state index contributed by atoms with van der Waals surface area (Å²) in [6, 6.07) is 3.58. The van der Waals surface area contributed by atoms with Gasteiger partial charge < -0.3 is 14.5 Å². The van der Waals surface area contributed by atoms with Crippen LogP contribution in [-0.2, 0) is 14.3 Å². The Hall–Kier alpha value is -1.95. The Kier molecular flexibility index (Phi) is 4.23. The number of hydrogen-bond donors (Lipinski definition) is 0. The third-order valence-electron chi connectivity index (χ3n) is 6.10. The van der Waals surface area contributed by atoms with Gasteiger partial charge in [0.2, 0.25) is 11.8 Å². The summed E-state index contributed by atoms with van der Waals surface area (Å²) in [5.41, 5.74) is 1.07. The zero-order valence-electron chi connectivity index (χ0n) is 14.7. The smallest absolute Gasteiger partial charge is 0.228 e. The Morgan fingerprint density at radius 1 is 1.40 bits per heavy atom. The van der Waals surface area contributed by atoms with Gasteiger partial charge in [-0.1, -0.05) is 12.5 Å². The molecule has 3 fully saturated rings. The Bertz CT molecular complexity index is 659. The van der Waals surface area contributed by atoms with Crippen LogP contribution in [0, 0.1) is 11.3 Å². The summed E-state index contributed by atoms with van der Waals surface area (Å²) in [6.45, 7) is 2.72. The largest absolute Gasteiger partial charge is 0.379 e. The standard InChI is InChI=1S/C19H25N3O3/c1-21-16(23)10-15(17(21)14-4-2-7-20-11-14)18(24)22-8-9-25-13-19(12-22)5-3-6-19/h2,4,7,11,15,17H,3,5-6,8-10,12-13H2,1H3/t15-,17-/m1/s1. The molecule has 1 aromatic rings. The highest BCUT2D eigenvalue weighted by Gasteiger charge is 2.47. The summed E-state index contributed by atoms with van der Waals surface area (Å²) in [6.07, 6.45) is 7.23. The van der Waals surface area contributed by atoms with Gasteiger partial charge in [-0.15, -0.1) is 0 Å². The van der Waals surface area contributed by atoms with E-state index in [4.69, 9.17) is 4.74 Å². The third-order valence-corrected chi connectivity index (χ3v) is 6.10. The number of likely N-dealkylation sites (tertiary alicyclic amines) is 1. The fourth-order valence-electron chi connectivity index (χ4n) is 4.49. The van der Waals surface area contributed by atoms with Crippen LogP contribution in [0.4, 0.5) is 0 Å². The van der Waals surface area contributed by atoms with Gasteiger partial charge >= 0.3 is 0 Å². The molecule has 1 saturated carbocycles. The van der Waals surface area contributed by atoms with Crippen molar-refractivity contribution in [3.05, 3.63) is 30.1 Å². The molecule has 6 heteroatoms. The molecule has 25 heavy (non-hydrogen) atoms. The van der Waals surface area contributed by atoms with Gasteiger partial charge in [0, 0.05) is 44.4 Å². The fraction of sp³-hybridized carbons (Fsp3) is 0.632. The van der Waals surface area contributed by atoms with Crippen LogP contribution in [0.5, 0.6) is 0 Å². The predicted octanol–water partition coefficient (Wildman–Crippen LogP) is 1.63. The molecule has 2 saturated heterocycles. The maximum Gasteiger partial charge on any atom is 0.228 e. The summed E-state index contributed by atoms with van der Waals surface area (Å²) in [4.78, 5) is 33.5. The van der Waals surface area contributed by atoms with Crippen molar-refractivity contribution in [2.75, 3.05) is 33.4 Å². The molecule has 0 aromatic carbocycles. The third kappa shape index (κ3) is 2.92. The summed E-state index contributed by atoms with van der Waals surface area (Å²) in [7, 11) is 1.78. The van der Waals surface area contributed by atoms with Gasteiger partial charge in [-0.2, -0.15) is 0 Å². The average molecular weight is 343 g/mol. The highest BCUT2D eigenvalue weighted by atomic mass is 16.5. The van der Waals surface area contributed by atoms with Crippen molar-refractivity contribution in [3.8, 4) is 0 Å². The second kappa shape index (κ2) is 6.41. The molecule has 1 spiro atoms. The van der Waals surface area contributed by atoms with E-state index in [1.165, 1.54) is 6.42 Å². The molecule has 3 heterocycles. The Balaban J connectivity index is 1.58. The van der Waals surface area contributed by atoms with Crippen LogP contribution in [0.25, 0.3) is 0 Å². The van der Waals surface area contributed by atoms with Gasteiger partial charge in [0.15, 0.2) is 0 Å². The number of ether oxygens (including phenoxy) is 1. The van der Waals surface area contributed by atoms with E-state index in [-0.39, 0.29) is 35.6 Å². The van der Waals surface area contributed by atoms with Gasteiger partial charge in [0.05, 0.1) is 25.2 Å². The van der Waals surface area contributed by atoms with Gasteiger partial charge in [-0.25, -0.2) is 0 Å². The molecular weight excluding hydrogens is 318 g/mol. The lowest BCUT2D eigenvalue weighted by Gasteiger charge is -2.43. The first-order chi connectivity index (χ1) is 12.1. The minimum absolute atomic E-state index is 0.0247. The lowest BCUT2D eigenvalue weighted by molar-refractivity contribution is -0.138. The number of amides is 2. The number of carbonyl (C=O) groups excluding carboxylic acids is 2. The number of pyridine rings is 1. The normalized spacial score (nSPS) is 28.8. The Morgan fingerprint density at radius 2 is 2.24 bits per heavy atom. The first kappa shape index (κ1) is 16.5. The maximum atomic E-state index is 13.3. The predicted molar refractivity (Wildman–Crippen MR) is 91.5 cm³/mol. The fourth-order valence-corrected chi connectivity index (χ4v) is 4.49. The second-order valence-electron chi connectivity index (χ2n) is 7.71. The highest BCUT2D eigenvalue weighted by Crippen LogP contribution is 2.44. The van der Waals surface area contributed by atoms with E-state index in [0.29, 0.717) is 13.2 Å². The molecule has 2 amide bonds. The van der Waals surface area contributed by atoms with Crippen LogP contribution < -0.4 is 0 Å². The molecular formula is C19H25N3O3. The molecule has 134 valence electrons. The monoisotopic (exact) mass is 343 g/mol. The van der Waals surface area contributed by atoms with Crippen LogP contribution >= 0.6 is 0 Å². The van der Waals surface area contributed by atoms with Crippen molar-refractivity contribution >= 4 is 11.8 Å². The van der Waals surface area contributed by atoms with Gasteiger partial charge in [0.1, 0.15) is 0 Å². The minimum atomic E-state index is -0.336. The van der Waals surface area contributed by atoms with E-state index < -0.39 is 0 Å². The van der Waals surface area contributed by atoms with Crippen LogP contribution in [-0.4, -0.2) is 59.9 Å². The zero-order valence-corrected chi connectivity index (χ0v) is 14.7. The first-order valence-corrected chi connectivity index (χ1v) is 9.12. The molecule has 2 aliphatic heterocycles. The molecule has 0 unspecified atom stereocenters. The second-order valence-corrected chi connectivity index (χ2v) is 7.71. The van der Waals surface area contributed by atoms with Gasteiger partial charge in [0.25, 0.3) is 0 Å². The van der Waals surface area contributed by atoms with Crippen LogP contribution in [0.1, 0.15) is 37.3 Å². The van der Waals surface area contributed by atoms with Crippen LogP contribution in [0.15, 0.2) is 24.5 Å². The number of aromatic nitrogens is 1. The van der Waals surface area contributed by atoms with E-state index in [2.05, 4.69) is 4.98 Å². The van der Waals surface area contributed by atoms with Crippen LogP contribution in [0.2, 0.25) is 0 Å². The van der Waals surface area contributed by atoms with Gasteiger partial charge in [-0.05, 0) is 24.5 Å². The van der Waals surface area contributed by atoms with E-state index in [0.717, 1.165) is 31.6 Å². The number of rotatable bonds is 2. The van der Waals surface area contributed by atoms with E-state index >= 15 is 0 Å². The summed E-state index contributed by atoms with van der Waals surface area (Å²) in [5, 5.41) is 0. The number of hydrogen-bond acceptors (Lipinski definition) is 4. The van der Waals surface area contributed by atoms with Crippen LogP contribution in [0.3, 0.4) is 0 Å². The highest BCUT2D eigenvalue weighted by molar-refractivity contribution is 5.90. The quantitative estimate of drug-likeness (QED) is 0.819. The lowest BCUT2D eigenvalue weighted by Crippen LogP contribution is -2.47. The average Bonchev–Trinajstić information content (AvgIpc) is 2.78. The molecule has 0 N–H and O–H groups in total. The zero-order chi connectivity index (χ0) is 17.4. The molecule has 2 atom stereocenters. The lowest BCUT2D eigenvalue weighted by atomic mass is 9.69. The summed E-state index contributed by atoms with van der Waals surface area (Å²) in [5.74, 6) is -0.225. The van der Waals surface area contributed by atoms with Crippen molar-refractivity contribution < 1.29 is 14.3 Å².